The molecule has 4 nitrogen and oxygen atoms in total. The molecular formula is C7H6FNO3. The Labute approximate surface area is 67.7 Å². The maximum atomic E-state index is 12.3. The minimum atomic E-state index is -2.49. The molecule has 1 unspecified atom stereocenters. The third-order valence-corrected chi connectivity index (χ3v) is 1.14. The molecule has 0 saturated carbocycles. The van der Waals surface area contributed by atoms with Crippen LogP contribution in [0.4, 0.5) is 4.39 Å². The number of rotatable bonds is 3. The smallest absolute Gasteiger partial charge is 0.404 e. The van der Waals surface area contributed by atoms with Crippen LogP contribution in [0, 0.1) is 10.1 Å². The zero-order valence-electron chi connectivity index (χ0n) is 6.01. The van der Waals surface area contributed by atoms with Crippen LogP contribution in [0.2, 0.25) is 0 Å². The molecule has 0 heterocycles. The molecule has 1 rings (SSSR count). The van der Waals surface area contributed by atoms with Gasteiger partial charge in [-0.2, -0.15) is 0 Å². The number of benzene rings is 1. The summed E-state index contributed by atoms with van der Waals surface area (Å²) in [6.07, 6.45) is 0. The summed E-state index contributed by atoms with van der Waals surface area (Å²) in [7, 11) is 0. The van der Waals surface area contributed by atoms with E-state index in [2.05, 4.69) is 4.74 Å². The number of ether oxygens (including phenoxy) is 1. The van der Waals surface area contributed by atoms with Gasteiger partial charge in [0.1, 0.15) is 10.7 Å². The zero-order chi connectivity index (χ0) is 8.97. The summed E-state index contributed by atoms with van der Waals surface area (Å²) >= 11 is 0. The highest BCUT2D eigenvalue weighted by molar-refractivity contribution is 5.20. The van der Waals surface area contributed by atoms with Gasteiger partial charge in [0.25, 0.3) is 0 Å². The molecule has 0 aliphatic carbocycles. The lowest BCUT2D eigenvalue weighted by atomic mass is 10.3. The highest BCUT2D eigenvalue weighted by Gasteiger charge is 2.18. The van der Waals surface area contributed by atoms with Crippen LogP contribution in [0.25, 0.3) is 0 Å². The van der Waals surface area contributed by atoms with Gasteiger partial charge in [-0.25, -0.2) is 0 Å². The number of nitro groups is 1. The van der Waals surface area contributed by atoms with E-state index in [-0.39, 0.29) is 5.75 Å². The number of nitrogens with zero attached hydrogens (tertiary/aromatic N) is 1. The first-order valence-corrected chi connectivity index (χ1v) is 3.19. The first kappa shape index (κ1) is 8.45. The lowest BCUT2D eigenvalue weighted by molar-refractivity contribution is -0.596. The average molecular weight is 171 g/mol. The molecule has 1 aromatic rings. The van der Waals surface area contributed by atoms with Crippen molar-refractivity contribution in [2.24, 2.45) is 0 Å². The molecule has 64 valence electrons. The molecule has 0 radical (unpaired) electrons. The summed E-state index contributed by atoms with van der Waals surface area (Å²) in [5.41, 5.74) is 0. The second-order valence-corrected chi connectivity index (χ2v) is 2.01. The molecule has 0 aromatic heterocycles. The van der Waals surface area contributed by atoms with Gasteiger partial charge in [-0.15, -0.1) is 4.39 Å². The molecule has 0 spiro atoms. The lowest BCUT2D eigenvalue weighted by Crippen LogP contribution is -2.20. The molecule has 0 aliphatic heterocycles. The Bertz CT molecular complexity index is 265. The fourth-order valence-corrected chi connectivity index (χ4v) is 0.654. The fraction of sp³-hybridized carbons (Fsp3) is 0.143. The number of halogens is 1. The zero-order valence-corrected chi connectivity index (χ0v) is 6.01. The number of hydrogen-bond donors (Lipinski definition) is 0. The van der Waals surface area contributed by atoms with E-state index >= 15 is 0 Å². The molecular weight excluding hydrogens is 165 g/mol. The van der Waals surface area contributed by atoms with Gasteiger partial charge in [0.2, 0.25) is 0 Å². The third kappa shape index (κ3) is 2.19. The molecule has 12 heavy (non-hydrogen) atoms. The van der Waals surface area contributed by atoms with Crippen LogP contribution < -0.4 is 4.74 Å². The maximum absolute atomic E-state index is 12.3. The van der Waals surface area contributed by atoms with Crippen LogP contribution >= 0.6 is 0 Å². The van der Waals surface area contributed by atoms with Crippen molar-refractivity contribution in [3.8, 4) is 5.75 Å². The Morgan fingerprint density at radius 3 is 2.50 bits per heavy atom. The van der Waals surface area contributed by atoms with E-state index in [1.807, 2.05) is 0 Å². The van der Waals surface area contributed by atoms with Crippen molar-refractivity contribution in [2.45, 2.75) is 6.48 Å². The average Bonchev–Trinajstić information content (AvgIpc) is 2.06. The van der Waals surface area contributed by atoms with Gasteiger partial charge in [-0.05, 0) is 12.1 Å². The van der Waals surface area contributed by atoms with E-state index in [0.717, 1.165) is 0 Å². The van der Waals surface area contributed by atoms with E-state index in [4.69, 9.17) is 0 Å². The maximum Gasteiger partial charge on any atom is 0.509 e. The largest absolute Gasteiger partial charge is 0.509 e. The SMILES string of the molecule is O=[N+]([O-])C(F)Oc1ccccc1. The van der Waals surface area contributed by atoms with Crippen LogP contribution in [0.1, 0.15) is 0 Å². The summed E-state index contributed by atoms with van der Waals surface area (Å²) < 4.78 is 16.6. The van der Waals surface area contributed by atoms with Gasteiger partial charge in [-0.3, -0.25) is 10.1 Å². The van der Waals surface area contributed by atoms with E-state index < -0.39 is 11.4 Å². The normalized spacial score (nSPS) is 12.1. The third-order valence-electron chi connectivity index (χ3n) is 1.14. The van der Waals surface area contributed by atoms with Crippen LogP contribution in [0.15, 0.2) is 30.3 Å². The summed E-state index contributed by atoms with van der Waals surface area (Å²) in [6.45, 7) is -2.49. The first-order valence-electron chi connectivity index (χ1n) is 3.19. The minimum absolute atomic E-state index is 0.140. The van der Waals surface area contributed by atoms with Crippen LogP contribution in [-0.2, 0) is 0 Å². The van der Waals surface area contributed by atoms with E-state index in [1.165, 1.54) is 12.1 Å². The van der Waals surface area contributed by atoms with Gasteiger partial charge in [0, 0.05) is 0 Å². The van der Waals surface area contributed by atoms with Crippen molar-refractivity contribution in [3.63, 3.8) is 0 Å². The number of para-hydroxylation sites is 1. The molecule has 0 fully saturated rings. The fourth-order valence-electron chi connectivity index (χ4n) is 0.654. The summed E-state index contributed by atoms with van der Waals surface area (Å²) in [4.78, 5) is 8.66. The lowest BCUT2D eigenvalue weighted by Gasteiger charge is -2.02. The number of hydrogen-bond acceptors (Lipinski definition) is 3. The molecule has 1 aromatic carbocycles. The van der Waals surface area contributed by atoms with Gasteiger partial charge in [-0.1, -0.05) is 18.2 Å². The number of alkyl halides is 1. The minimum Gasteiger partial charge on any atom is -0.404 e. The predicted molar refractivity (Wildman–Crippen MR) is 39.0 cm³/mol. The second-order valence-electron chi connectivity index (χ2n) is 2.01. The molecule has 0 N–H and O–H groups in total. The van der Waals surface area contributed by atoms with Crippen molar-refractivity contribution in [1.82, 2.24) is 0 Å². The molecule has 1 atom stereocenters. The van der Waals surface area contributed by atoms with Crippen LogP contribution in [-0.4, -0.2) is 11.4 Å². The second kappa shape index (κ2) is 3.66. The summed E-state index contributed by atoms with van der Waals surface area (Å²) in [5, 5.41) is 9.81. The van der Waals surface area contributed by atoms with Crippen LogP contribution in [0.3, 0.4) is 0 Å². The van der Waals surface area contributed by atoms with Gasteiger partial charge >= 0.3 is 6.48 Å². The molecule has 0 amide bonds. The van der Waals surface area contributed by atoms with Crippen LogP contribution in [0.5, 0.6) is 5.75 Å². The van der Waals surface area contributed by atoms with Crippen molar-refractivity contribution in [3.05, 3.63) is 40.4 Å². The first-order chi connectivity index (χ1) is 5.70. The molecule has 0 bridgehead atoms. The van der Waals surface area contributed by atoms with Gasteiger partial charge < -0.3 is 4.74 Å². The Hall–Kier alpha value is -1.65. The Balaban J connectivity index is 2.58. The summed E-state index contributed by atoms with van der Waals surface area (Å²) in [5.74, 6) is 0.140. The van der Waals surface area contributed by atoms with Gasteiger partial charge in [0.05, 0.1) is 0 Å². The topological polar surface area (TPSA) is 52.4 Å². The molecule has 0 saturated heterocycles. The van der Waals surface area contributed by atoms with E-state index in [1.54, 1.807) is 18.2 Å². The Morgan fingerprint density at radius 2 is 2.00 bits per heavy atom. The highest BCUT2D eigenvalue weighted by Crippen LogP contribution is 2.11. The van der Waals surface area contributed by atoms with Crippen molar-refractivity contribution >= 4 is 0 Å². The Kier molecular flexibility index (Phi) is 2.57. The van der Waals surface area contributed by atoms with E-state index in [0.29, 0.717) is 0 Å². The Morgan fingerprint density at radius 1 is 1.42 bits per heavy atom. The quantitative estimate of drug-likeness (QED) is 0.300. The van der Waals surface area contributed by atoms with Crippen molar-refractivity contribution < 1.29 is 14.1 Å². The predicted octanol–water partition coefficient (Wildman–Crippen LogP) is 1.60. The van der Waals surface area contributed by atoms with Crippen molar-refractivity contribution in [1.29, 1.82) is 0 Å². The molecule has 5 heteroatoms. The van der Waals surface area contributed by atoms with Crippen molar-refractivity contribution in [2.75, 3.05) is 0 Å². The van der Waals surface area contributed by atoms with E-state index in [9.17, 15) is 14.5 Å². The highest BCUT2D eigenvalue weighted by atomic mass is 19.1. The summed E-state index contributed by atoms with van der Waals surface area (Å²) in [6, 6.07) is 7.78. The standard InChI is InChI=1S/C7H6FNO3/c8-7(9(10)11)12-6-4-2-1-3-5-6/h1-5,7H. The molecule has 0 aliphatic rings. The van der Waals surface area contributed by atoms with Gasteiger partial charge in [0.15, 0.2) is 0 Å². The monoisotopic (exact) mass is 171 g/mol.